The minimum Gasteiger partial charge on any atom is -0.368 e. The van der Waals surface area contributed by atoms with Crippen molar-refractivity contribution in [3.63, 3.8) is 0 Å². The Bertz CT molecular complexity index is 785. The number of anilines is 1. The fourth-order valence-corrected chi connectivity index (χ4v) is 3.80. The van der Waals surface area contributed by atoms with Crippen LogP contribution in [0.1, 0.15) is 26.2 Å². The zero-order chi connectivity index (χ0) is 14.6. The van der Waals surface area contributed by atoms with Gasteiger partial charge in [0.05, 0.1) is 5.70 Å². The molecule has 1 unspecified atom stereocenters. The Kier molecular flexibility index (Phi) is 2.63. The van der Waals surface area contributed by atoms with E-state index in [1.165, 1.54) is 18.4 Å². The minimum atomic E-state index is 0.0541. The molecule has 1 fully saturated rings. The molecular formula is C16H18N4S. The highest BCUT2D eigenvalue weighted by molar-refractivity contribution is 7.71. The van der Waals surface area contributed by atoms with Gasteiger partial charge in [-0.15, -0.1) is 5.10 Å². The Balaban J connectivity index is 1.93. The lowest BCUT2D eigenvalue weighted by Crippen LogP contribution is -2.29. The Morgan fingerprint density at radius 3 is 2.86 bits per heavy atom. The van der Waals surface area contributed by atoms with Gasteiger partial charge < -0.3 is 5.73 Å². The molecule has 1 aromatic rings. The molecule has 0 spiro atoms. The molecule has 4 nitrogen and oxygen atoms in total. The van der Waals surface area contributed by atoms with Crippen LogP contribution in [0.5, 0.6) is 0 Å². The van der Waals surface area contributed by atoms with Crippen LogP contribution in [0.3, 0.4) is 0 Å². The first-order valence-electron chi connectivity index (χ1n) is 7.34. The normalized spacial score (nSPS) is 27.8. The van der Waals surface area contributed by atoms with Gasteiger partial charge in [0.1, 0.15) is 0 Å². The molecule has 3 N–H and O–H groups in total. The Morgan fingerprint density at radius 2 is 2.19 bits per heavy atom. The molecule has 4 rings (SSSR count). The molecule has 5 heteroatoms. The van der Waals surface area contributed by atoms with Crippen molar-refractivity contribution in [2.45, 2.75) is 26.2 Å². The predicted octanol–water partition coefficient (Wildman–Crippen LogP) is 3.61. The van der Waals surface area contributed by atoms with Crippen LogP contribution in [0, 0.1) is 16.1 Å². The summed E-state index contributed by atoms with van der Waals surface area (Å²) in [6.07, 6.45) is 14.6. The van der Waals surface area contributed by atoms with E-state index in [0.717, 1.165) is 18.0 Å². The number of H-pyrrole nitrogens is 1. The lowest BCUT2D eigenvalue weighted by Gasteiger charge is -2.40. The average Bonchev–Trinajstić information content (AvgIpc) is 3.24. The number of allylic oxidation sites excluding steroid dienone is 8. The van der Waals surface area contributed by atoms with Crippen LogP contribution in [0.15, 0.2) is 41.5 Å². The van der Waals surface area contributed by atoms with E-state index in [1.807, 2.05) is 4.57 Å². The first-order chi connectivity index (χ1) is 10.1. The molecule has 0 aromatic carbocycles. The number of fused-ring (bicyclic) bond motifs is 1. The SMILES string of the molecule is CC12CC=CC=C1C(n1c(N)n[nH]c1=S)=CC=C2C1CC1. The summed E-state index contributed by atoms with van der Waals surface area (Å²) in [6, 6.07) is 0. The predicted molar refractivity (Wildman–Crippen MR) is 86.9 cm³/mol. The number of nitrogens with one attached hydrogen (secondary N) is 1. The molecule has 3 aliphatic carbocycles. The molecule has 0 bridgehead atoms. The molecular weight excluding hydrogens is 280 g/mol. The number of nitrogens with two attached hydrogens (primary N) is 1. The number of aromatic amines is 1. The quantitative estimate of drug-likeness (QED) is 0.820. The largest absolute Gasteiger partial charge is 0.368 e. The highest BCUT2D eigenvalue weighted by atomic mass is 32.1. The van der Waals surface area contributed by atoms with E-state index < -0.39 is 0 Å². The van der Waals surface area contributed by atoms with Gasteiger partial charge in [0.25, 0.3) is 0 Å². The number of nitrogens with zero attached hydrogens (tertiary/aromatic N) is 2. The minimum absolute atomic E-state index is 0.0541. The van der Waals surface area contributed by atoms with Crippen molar-refractivity contribution in [3.05, 3.63) is 46.3 Å². The summed E-state index contributed by atoms with van der Waals surface area (Å²) in [6.45, 7) is 2.33. The molecule has 21 heavy (non-hydrogen) atoms. The molecule has 0 radical (unpaired) electrons. The van der Waals surface area contributed by atoms with E-state index in [0.29, 0.717) is 10.7 Å². The Labute approximate surface area is 128 Å². The van der Waals surface area contributed by atoms with Gasteiger partial charge in [0.15, 0.2) is 0 Å². The third kappa shape index (κ3) is 1.80. The second kappa shape index (κ2) is 4.31. The van der Waals surface area contributed by atoms with E-state index in [-0.39, 0.29) is 5.41 Å². The molecule has 1 aromatic heterocycles. The fourth-order valence-electron chi connectivity index (χ4n) is 3.56. The van der Waals surface area contributed by atoms with Gasteiger partial charge >= 0.3 is 0 Å². The molecule has 1 heterocycles. The van der Waals surface area contributed by atoms with Crippen molar-refractivity contribution in [2.24, 2.45) is 11.3 Å². The van der Waals surface area contributed by atoms with E-state index in [2.05, 4.69) is 47.5 Å². The maximum atomic E-state index is 5.99. The molecule has 1 atom stereocenters. The van der Waals surface area contributed by atoms with Crippen molar-refractivity contribution < 1.29 is 0 Å². The third-order valence-corrected chi connectivity index (χ3v) is 5.08. The van der Waals surface area contributed by atoms with Gasteiger partial charge in [-0.2, -0.15) is 0 Å². The number of hydrogen-bond acceptors (Lipinski definition) is 3. The highest BCUT2D eigenvalue weighted by Gasteiger charge is 2.43. The summed E-state index contributed by atoms with van der Waals surface area (Å²) in [4.78, 5) is 0. The van der Waals surface area contributed by atoms with Crippen LogP contribution in [-0.2, 0) is 0 Å². The van der Waals surface area contributed by atoms with Gasteiger partial charge in [-0.3, -0.25) is 4.57 Å². The lowest BCUT2D eigenvalue weighted by atomic mass is 9.66. The molecule has 108 valence electrons. The summed E-state index contributed by atoms with van der Waals surface area (Å²) in [5, 5.41) is 6.81. The third-order valence-electron chi connectivity index (χ3n) is 4.81. The van der Waals surface area contributed by atoms with Crippen molar-refractivity contribution >= 4 is 23.9 Å². The Morgan fingerprint density at radius 1 is 1.38 bits per heavy atom. The van der Waals surface area contributed by atoms with Crippen molar-refractivity contribution in [1.82, 2.24) is 14.8 Å². The number of nitrogen functional groups attached to an aromatic ring is 1. The van der Waals surface area contributed by atoms with Gasteiger partial charge in [0, 0.05) is 5.41 Å². The fraction of sp³-hybridized carbons (Fsp3) is 0.375. The molecule has 3 aliphatic rings. The van der Waals surface area contributed by atoms with Crippen LogP contribution in [0.4, 0.5) is 5.95 Å². The summed E-state index contributed by atoms with van der Waals surface area (Å²) < 4.78 is 2.37. The number of rotatable bonds is 2. The Hall–Kier alpha value is -1.88. The topological polar surface area (TPSA) is 59.6 Å². The molecule has 0 aliphatic heterocycles. The van der Waals surface area contributed by atoms with Gasteiger partial charge in [0.2, 0.25) is 10.7 Å². The van der Waals surface area contributed by atoms with Crippen LogP contribution in [-0.4, -0.2) is 14.8 Å². The first-order valence-corrected chi connectivity index (χ1v) is 7.75. The standard InChI is InChI=1S/C16H18N4S/c1-16-9-3-2-4-12(16)13(8-7-11(16)10-5-6-10)20-14(17)18-19-15(20)21/h2-4,7-8,10H,5-6,9H2,1H3,(H2,17,18)(H,19,21). The molecule has 0 saturated heterocycles. The number of hydrogen-bond donors (Lipinski definition) is 2. The summed E-state index contributed by atoms with van der Waals surface area (Å²) in [5.41, 5.74) is 9.93. The molecule has 1 saturated carbocycles. The summed E-state index contributed by atoms with van der Waals surface area (Å²) in [7, 11) is 0. The van der Waals surface area contributed by atoms with E-state index in [1.54, 1.807) is 5.57 Å². The highest BCUT2D eigenvalue weighted by Crippen LogP contribution is 2.55. The first kappa shape index (κ1) is 12.8. The van der Waals surface area contributed by atoms with E-state index in [4.69, 9.17) is 18.0 Å². The van der Waals surface area contributed by atoms with Crippen LogP contribution >= 0.6 is 12.2 Å². The van der Waals surface area contributed by atoms with Crippen molar-refractivity contribution in [1.29, 1.82) is 0 Å². The zero-order valence-corrected chi connectivity index (χ0v) is 12.8. The van der Waals surface area contributed by atoms with Crippen molar-refractivity contribution in [3.8, 4) is 0 Å². The van der Waals surface area contributed by atoms with Gasteiger partial charge in [-0.05, 0) is 49.0 Å². The smallest absolute Gasteiger partial charge is 0.225 e. The van der Waals surface area contributed by atoms with E-state index in [9.17, 15) is 0 Å². The maximum Gasteiger partial charge on any atom is 0.225 e. The average molecular weight is 298 g/mol. The van der Waals surface area contributed by atoms with Crippen LogP contribution in [0.2, 0.25) is 0 Å². The van der Waals surface area contributed by atoms with Crippen LogP contribution in [0.25, 0.3) is 5.70 Å². The van der Waals surface area contributed by atoms with Gasteiger partial charge in [-0.1, -0.05) is 36.8 Å². The van der Waals surface area contributed by atoms with Crippen LogP contribution < -0.4 is 5.73 Å². The maximum absolute atomic E-state index is 5.99. The van der Waals surface area contributed by atoms with E-state index >= 15 is 0 Å². The second-order valence-electron chi connectivity index (χ2n) is 6.22. The summed E-state index contributed by atoms with van der Waals surface area (Å²) in [5.74, 6) is 1.16. The molecule has 0 amide bonds. The summed E-state index contributed by atoms with van der Waals surface area (Å²) >= 11 is 5.34. The second-order valence-corrected chi connectivity index (χ2v) is 6.60. The number of aromatic nitrogens is 3. The monoisotopic (exact) mass is 298 g/mol. The van der Waals surface area contributed by atoms with Crippen molar-refractivity contribution in [2.75, 3.05) is 5.73 Å². The zero-order valence-electron chi connectivity index (χ0n) is 12.0. The van der Waals surface area contributed by atoms with Gasteiger partial charge in [-0.25, -0.2) is 5.10 Å². The lowest BCUT2D eigenvalue weighted by molar-refractivity contribution is 0.463.